The number of nitrogens with one attached hydrogen (secondary N) is 1. The second-order valence-corrected chi connectivity index (χ2v) is 13.2. The molecule has 6 nitrogen and oxygen atoms in total. The van der Waals surface area contributed by atoms with E-state index in [1.54, 1.807) is 4.90 Å². The van der Waals surface area contributed by atoms with Crippen molar-refractivity contribution in [2.45, 2.75) is 97.6 Å². The average Bonchev–Trinajstić information content (AvgIpc) is 3.39. The summed E-state index contributed by atoms with van der Waals surface area (Å²) in [4.78, 5) is 19.7. The van der Waals surface area contributed by atoms with Gasteiger partial charge in [0.05, 0.1) is 11.8 Å². The molecule has 0 aromatic rings. The number of amides is 1. The van der Waals surface area contributed by atoms with Crippen molar-refractivity contribution < 1.29 is 14.7 Å². The summed E-state index contributed by atoms with van der Waals surface area (Å²) in [5.41, 5.74) is 3.03. The Kier molecular flexibility index (Phi) is 6.84. The third-order valence-electron chi connectivity index (χ3n) is 11.1. The average molecular weight is 486 g/mol. The minimum absolute atomic E-state index is 0.144. The molecule has 0 radical (unpaired) electrons. The van der Waals surface area contributed by atoms with Crippen molar-refractivity contribution in [2.75, 3.05) is 20.1 Å². The lowest BCUT2D eigenvalue weighted by Crippen LogP contribution is -2.50. The number of aliphatic hydroxyl groups is 1. The predicted molar refractivity (Wildman–Crippen MR) is 139 cm³/mol. The molecule has 9 atom stereocenters. The van der Waals surface area contributed by atoms with Gasteiger partial charge >= 0.3 is 6.09 Å². The van der Waals surface area contributed by atoms with Crippen LogP contribution in [0.5, 0.6) is 0 Å². The fraction of sp³-hybridized carbons (Fsp3) is 0.862. The Labute approximate surface area is 211 Å². The van der Waals surface area contributed by atoms with Crippen molar-refractivity contribution >= 4 is 11.8 Å². The number of nitrogens with zero attached hydrogens (tertiary/aromatic N) is 2. The van der Waals surface area contributed by atoms with Gasteiger partial charge in [0.1, 0.15) is 0 Å². The van der Waals surface area contributed by atoms with Gasteiger partial charge in [0, 0.05) is 25.6 Å². The van der Waals surface area contributed by atoms with Gasteiger partial charge in [0.2, 0.25) is 0 Å². The normalized spacial score (nSPS) is 45.3. The molecular formula is C29H47N3O3. The van der Waals surface area contributed by atoms with Crippen LogP contribution in [0.25, 0.3) is 0 Å². The number of oxime groups is 1. The second-order valence-electron chi connectivity index (χ2n) is 13.2. The third kappa shape index (κ3) is 4.47. The van der Waals surface area contributed by atoms with Crippen LogP contribution in [0.1, 0.15) is 85.5 Å². The number of likely N-dealkylation sites (N-methyl/N-ethyl adjacent to an activating group) is 1. The summed E-state index contributed by atoms with van der Waals surface area (Å²) in [6, 6.07) is 0.344. The van der Waals surface area contributed by atoms with Crippen molar-refractivity contribution in [3.05, 3.63) is 11.6 Å². The summed E-state index contributed by atoms with van der Waals surface area (Å²) in [6.07, 6.45) is 12.1. The zero-order valence-corrected chi connectivity index (χ0v) is 22.6. The van der Waals surface area contributed by atoms with Crippen LogP contribution < -0.4 is 5.32 Å². The quantitative estimate of drug-likeness (QED) is 0.243. The van der Waals surface area contributed by atoms with E-state index < -0.39 is 0 Å². The van der Waals surface area contributed by atoms with Crippen molar-refractivity contribution in [3.63, 3.8) is 0 Å². The van der Waals surface area contributed by atoms with Gasteiger partial charge in [0.15, 0.2) is 0 Å². The third-order valence-corrected chi connectivity index (χ3v) is 11.1. The molecule has 2 unspecified atom stereocenters. The topological polar surface area (TPSA) is 74.2 Å². The van der Waals surface area contributed by atoms with E-state index in [1.807, 2.05) is 7.05 Å². The first-order valence-corrected chi connectivity index (χ1v) is 14.2. The van der Waals surface area contributed by atoms with E-state index in [0.717, 1.165) is 56.2 Å². The molecule has 1 aliphatic heterocycles. The smallest absolute Gasteiger partial charge is 0.393 e. The zero-order chi connectivity index (χ0) is 25.0. The van der Waals surface area contributed by atoms with Gasteiger partial charge < -0.3 is 15.3 Å². The summed E-state index contributed by atoms with van der Waals surface area (Å²) in [6.45, 7) is 11.0. The molecule has 5 rings (SSSR count). The summed E-state index contributed by atoms with van der Waals surface area (Å²) in [5.74, 6) is 3.21. The molecule has 5 aliphatic rings. The first-order valence-electron chi connectivity index (χ1n) is 14.2. The molecular weight excluding hydrogens is 438 g/mol. The molecule has 0 bridgehead atoms. The van der Waals surface area contributed by atoms with Gasteiger partial charge in [-0.2, -0.15) is 0 Å². The Bertz CT molecular complexity index is 886. The van der Waals surface area contributed by atoms with E-state index >= 15 is 0 Å². The molecule has 35 heavy (non-hydrogen) atoms. The fourth-order valence-corrected chi connectivity index (χ4v) is 9.14. The van der Waals surface area contributed by atoms with Crippen LogP contribution >= 0.6 is 0 Å². The Hall–Kier alpha value is -1.40. The fourth-order valence-electron chi connectivity index (χ4n) is 9.14. The van der Waals surface area contributed by atoms with E-state index in [1.165, 1.54) is 31.3 Å². The number of aliphatic hydroxyl groups excluding tert-OH is 1. The van der Waals surface area contributed by atoms with E-state index in [2.05, 4.69) is 44.2 Å². The molecule has 3 saturated carbocycles. The number of carbonyl (C=O) groups excluding carboxylic acids is 1. The van der Waals surface area contributed by atoms with Gasteiger partial charge in [0.25, 0.3) is 0 Å². The maximum absolute atomic E-state index is 12.6. The Morgan fingerprint density at radius 2 is 2.03 bits per heavy atom. The molecule has 196 valence electrons. The highest BCUT2D eigenvalue weighted by Gasteiger charge is 2.59. The van der Waals surface area contributed by atoms with Crippen LogP contribution in [0, 0.1) is 40.4 Å². The largest absolute Gasteiger partial charge is 0.435 e. The van der Waals surface area contributed by atoms with Crippen LogP contribution in [0.15, 0.2) is 16.8 Å². The maximum Gasteiger partial charge on any atom is 0.435 e. The Balaban J connectivity index is 1.24. The highest BCUT2D eigenvalue weighted by atomic mass is 16.7. The van der Waals surface area contributed by atoms with Gasteiger partial charge in [-0.15, -0.1) is 0 Å². The summed E-state index contributed by atoms with van der Waals surface area (Å²) in [5, 5.41) is 18.1. The van der Waals surface area contributed by atoms with Gasteiger partial charge in [-0.05, 0) is 106 Å². The van der Waals surface area contributed by atoms with Crippen LogP contribution in [-0.4, -0.2) is 54.1 Å². The lowest BCUT2D eigenvalue weighted by Gasteiger charge is -2.58. The number of hydrogen-bond acceptors (Lipinski definition) is 5. The highest BCUT2D eigenvalue weighted by Crippen LogP contribution is 2.66. The molecule has 4 aliphatic carbocycles. The number of carbonyl (C=O) groups is 1. The van der Waals surface area contributed by atoms with Crippen molar-refractivity contribution in [3.8, 4) is 0 Å². The number of rotatable bonds is 4. The van der Waals surface area contributed by atoms with E-state index in [9.17, 15) is 9.90 Å². The van der Waals surface area contributed by atoms with Crippen LogP contribution in [-0.2, 0) is 4.84 Å². The molecule has 1 heterocycles. The Morgan fingerprint density at radius 3 is 2.77 bits per heavy atom. The molecule has 0 aromatic heterocycles. The minimum Gasteiger partial charge on any atom is -0.393 e. The standard InChI is InChI=1S/C29H47N3O3/c1-18-14-21(30-16-18)17-32(5)27(34)35-31-19(2)24-8-9-25-23-7-6-20-15-22(33)10-12-28(20,3)26(23)11-13-29(24,25)4/h6,18,21-26,30,33H,7-17H2,1-5H3/b31-19+/t18?,21?,22-,23-,24+,25-,26-,28-,29+/m0/s1. The minimum atomic E-state index is -0.355. The molecule has 1 saturated heterocycles. The lowest BCUT2D eigenvalue weighted by atomic mass is 9.47. The summed E-state index contributed by atoms with van der Waals surface area (Å²) in [7, 11) is 1.81. The first-order chi connectivity index (χ1) is 16.6. The van der Waals surface area contributed by atoms with E-state index in [4.69, 9.17) is 4.84 Å². The summed E-state index contributed by atoms with van der Waals surface area (Å²) < 4.78 is 0. The van der Waals surface area contributed by atoms with Crippen LogP contribution in [0.2, 0.25) is 0 Å². The van der Waals surface area contributed by atoms with E-state index in [-0.39, 0.29) is 23.0 Å². The van der Waals surface area contributed by atoms with E-state index in [0.29, 0.717) is 30.3 Å². The molecule has 0 aromatic carbocycles. The van der Waals surface area contributed by atoms with Gasteiger partial charge in [-0.25, -0.2) is 4.79 Å². The van der Waals surface area contributed by atoms with Gasteiger partial charge in [-0.1, -0.05) is 37.6 Å². The van der Waals surface area contributed by atoms with Crippen molar-refractivity contribution in [1.82, 2.24) is 10.2 Å². The maximum atomic E-state index is 12.6. The van der Waals surface area contributed by atoms with Crippen LogP contribution in [0.3, 0.4) is 0 Å². The lowest BCUT2D eigenvalue weighted by molar-refractivity contribution is -0.0426. The zero-order valence-electron chi connectivity index (χ0n) is 22.6. The van der Waals surface area contributed by atoms with Crippen molar-refractivity contribution in [2.24, 2.45) is 45.6 Å². The number of allylic oxidation sites excluding steroid dienone is 1. The van der Waals surface area contributed by atoms with Crippen LogP contribution in [0.4, 0.5) is 4.79 Å². The SMILES string of the molecule is C/C(=N\OC(=O)N(C)CC1CC(C)CN1)[C@H]1CC[C@H]2[C@@H]3CC=C4C[C@@H](O)CC[C@]4(C)[C@H]3CC[C@]12C. The highest BCUT2D eigenvalue weighted by molar-refractivity contribution is 5.85. The molecule has 6 heteroatoms. The monoisotopic (exact) mass is 485 g/mol. The number of fused-ring (bicyclic) bond motifs is 5. The Morgan fingerprint density at radius 1 is 1.23 bits per heavy atom. The van der Waals surface area contributed by atoms with Gasteiger partial charge in [-0.3, -0.25) is 4.84 Å². The number of hydrogen-bond donors (Lipinski definition) is 2. The predicted octanol–water partition coefficient (Wildman–Crippen LogP) is 5.37. The molecule has 0 spiro atoms. The van der Waals surface area contributed by atoms with Crippen molar-refractivity contribution in [1.29, 1.82) is 0 Å². The second kappa shape index (κ2) is 9.48. The first kappa shape index (κ1) is 25.3. The summed E-state index contributed by atoms with van der Waals surface area (Å²) >= 11 is 0. The molecule has 1 amide bonds. The molecule has 2 N–H and O–H groups in total. The molecule has 4 fully saturated rings.